The molecule has 2 aliphatic carbocycles. The number of amides is 2. The molecule has 2 aliphatic rings. The Kier molecular flexibility index (Phi) is 14.9. The molecular formula is C34H53IN2O8. The van der Waals surface area contributed by atoms with E-state index in [0.717, 1.165) is 19.3 Å². The van der Waals surface area contributed by atoms with E-state index in [4.69, 9.17) is 14.2 Å². The van der Waals surface area contributed by atoms with Crippen LogP contribution in [0.3, 0.4) is 0 Å². The highest BCUT2D eigenvalue weighted by Crippen LogP contribution is 2.38. The molecule has 1 saturated carbocycles. The highest BCUT2D eigenvalue weighted by molar-refractivity contribution is 14.1. The van der Waals surface area contributed by atoms with E-state index in [1.165, 1.54) is 7.11 Å². The third-order valence-electron chi connectivity index (χ3n) is 8.99. The van der Waals surface area contributed by atoms with Crippen molar-refractivity contribution in [3.05, 3.63) is 32.9 Å². The molecule has 2 amide bonds. The first-order valence-electron chi connectivity index (χ1n) is 16.2. The van der Waals surface area contributed by atoms with E-state index < -0.39 is 24.2 Å². The SMILES string of the molecule is COc1cc(CO)cc(I)c1O[C@H]1C=C(C(=O)NCCO)C[C@@H](N(CCC(C)C)C(=O)CO[C@H]2C[C@@H](C)CC[C@@H]2C(C)C)[C@@H]1O. The largest absolute Gasteiger partial charge is 0.493 e. The Morgan fingerprint density at radius 2 is 1.89 bits per heavy atom. The lowest BCUT2D eigenvalue weighted by atomic mass is 9.75. The number of methoxy groups -OCH3 is 1. The van der Waals surface area contributed by atoms with E-state index in [1.54, 1.807) is 23.1 Å². The van der Waals surface area contributed by atoms with Crippen LogP contribution < -0.4 is 14.8 Å². The maximum Gasteiger partial charge on any atom is 0.248 e. The molecule has 0 bridgehead atoms. The number of nitrogens with zero attached hydrogens (tertiary/aromatic N) is 1. The van der Waals surface area contributed by atoms with E-state index in [1.807, 2.05) is 0 Å². The minimum absolute atomic E-state index is 0.00633. The number of ether oxygens (including phenoxy) is 3. The van der Waals surface area contributed by atoms with Crippen LogP contribution in [0.4, 0.5) is 0 Å². The second-order valence-corrected chi connectivity index (χ2v) is 14.4. The van der Waals surface area contributed by atoms with Crippen LogP contribution in [0.2, 0.25) is 0 Å². The summed E-state index contributed by atoms with van der Waals surface area (Å²) in [4.78, 5) is 28.9. The van der Waals surface area contributed by atoms with Crippen molar-refractivity contribution in [2.24, 2.45) is 23.7 Å². The highest BCUT2D eigenvalue weighted by atomic mass is 127. The second kappa shape index (κ2) is 17.8. The first kappa shape index (κ1) is 37.5. The molecule has 0 aromatic heterocycles. The maximum absolute atomic E-state index is 14.0. The summed E-state index contributed by atoms with van der Waals surface area (Å²) in [7, 11) is 1.49. The van der Waals surface area contributed by atoms with Crippen LogP contribution >= 0.6 is 22.6 Å². The lowest BCUT2D eigenvalue weighted by Crippen LogP contribution is -2.56. The number of halogens is 1. The highest BCUT2D eigenvalue weighted by Gasteiger charge is 2.41. The molecule has 1 aromatic rings. The zero-order valence-corrected chi connectivity index (χ0v) is 29.8. The fraction of sp³-hybridized carbons (Fsp3) is 0.706. The van der Waals surface area contributed by atoms with Crippen molar-refractivity contribution < 1.29 is 39.1 Å². The molecule has 0 radical (unpaired) electrons. The first-order valence-corrected chi connectivity index (χ1v) is 17.3. The van der Waals surface area contributed by atoms with Gasteiger partial charge in [-0.05, 0) is 89.3 Å². The van der Waals surface area contributed by atoms with Crippen molar-refractivity contribution in [3.8, 4) is 11.5 Å². The predicted octanol–water partition coefficient (Wildman–Crippen LogP) is 4.06. The van der Waals surface area contributed by atoms with Gasteiger partial charge in [-0.15, -0.1) is 0 Å². The Bertz CT molecular complexity index is 1160. The summed E-state index contributed by atoms with van der Waals surface area (Å²) >= 11 is 2.08. The number of benzene rings is 1. The van der Waals surface area contributed by atoms with Crippen LogP contribution in [-0.2, 0) is 20.9 Å². The van der Waals surface area contributed by atoms with E-state index in [-0.39, 0.29) is 44.8 Å². The average molecular weight is 745 g/mol. The Balaban J connectivity index is 1.94. The van der Waals surface area contributed by atoms with Gasteiger partial charge in [-0.25, -0.2) is 0 Å². The number of aliphatic hydroxyl groups is 3. The summed E-state index contributed by atoms with van der Waals surface area (Å²) in [5.74, 6) is 1.79. The van der Waals surface area contributed by atoms with Crippen molar-refractivity contribution in [2.75, 3.05) is 33.4 Å². The van der Waals surface area contributed by atoms with Crippen LogP contribution in [0.15, 0.2) is 23.8 Å². The van der Waals surface area contributed by atoms with Crippen molar-refractivity contribution >= 4 is 34.4 Å². The number of nitrogens with one attached hydrogen (secondary N) is 1. The number of rotatable bonds is 15. The zero-order valence-electron chi connectivity index (χ0n) is 27.6. The van der Waals surface area contributed by atoms with E-state index >= 15 is 0 Å². The van der Waals surface area contributed by atoms with Gasteiger partial charge in [0.2, 0.25) is 11.8 Å². The third kappa shape index (κ3) is 10.3. The van der Waals surface area contributed by atoms with Gasteiger partial charge in [0.1, 0.15) is 18.8 Å². The lowest BCUT2D eigenvalue weighted by molar-refractivity contribution is -0.148. The van der Waals surface area contributed by atoms with Crippen LogP contribution in [0, 0.1) is 27.2 Å². The molecular weight excluding hydrogens is 691 g/mol. The molecule has 1 fully saturated rings. The summed E-state index contributed by atoms with van der Waals surface area (Å²) in [5.41, 5.74) is 0.997. The average Bonchev–Trinajstić information content (AvgIpc) is 3.00. The zero-order chi connectivity index (χ0) is 33.3. The van der Waals surface area contributed by atoms with Gasteiger partial charge in [-0.1, -0.05) is 41.0 Å². The van der Waals surface area contributed by atoms with Gasteiger partial charge in [0.25, 0.3) is 0 Å². The number of carbonyl (C=O) groups is 2. The Morgan fingerprint density at radius 3 is 2.51 bits per heavy atom. The fourth-order valence-electron chi connectivity index (χ4n) is 6.33. The number of carbonyl (C=O) groups excluding carboxylic acids is 2. The Morgan fingerprint density at radius 1 is 1.16 bits per heavy atom. The van der Waals surface area contributed by atoms with Crippen LogP contribution in [-0.4, -0.2) is 89.8 Å². The summed E-state index contributed by atoms with van der Waals surface area (Å²) in [6.07, 6.45) is 3.41. The van der Waals surface area contributed by atoms with Crippen LogP contribution in [0.25, 0.3) is 0 Å². The number of aliphatic hydroxyl groups excluding tert-OH is 3. The molecule has 10 nitrogen and oxygen atoms in total. The van der Waals surface area contributed by atoms with Crippen LogP contribution in [0.1, 0.15) is 72.3 Å². The molecule has 0 unspecified atom stereocenters. The smallest absolute Gasteiger partial charge is 0.248 e. The minimum atomic E-state index is -1.16. The van der Waals surface area contributed by atoms with Crippen molar-refractivity contribution in [2.45, 2.75) is 97.7 Å². The van der Waals surface area contributed by atoms with Crippen molar-refractivity contribution in [1.82, 2.24) is 10.2 Å². The Hall–Kier alpha value is -1.93. The normalized spacial score (nSPS) is 25.2. The summed E-state index contributed by atoms with van der Waals surface area (Å²) in [6.45, 7) is 10.8. The topological polar surface area (TPSA) is 138 Å². The molecule has 3 rings (SSSR count). The molecule has 0 aliphatic heterocycles. The van der Waals surface area contributed by atoms with Crippen molar-refractivity contribution in [1.29, 1.82) is 0 Å². The molecule has 0 spiro atoms. The summed E-state index contributed by atoms with van der Waals surface area (Å²) in [6, 6.07) is 2.67. The standard InChI is InChI=1S/C34H53IN2O8/c1-20(2)9-11-37(31(40)19-44-28-13-22(5)7-8-25(28)21(3)4)27-16-24(34(42)36-10-12-38)17-29(32(27)41)45-33-26(35)14-23(18-39)15-30(33)43-6/h14-15,17,20-22,25,27-29,32,38-39,41H,7-13,16,18-19H2,1-6H3,(H,36,42)/t22-,25+,27+,28-,29-,32-/m0/s1. The molecule has 254 valence electrons. The third-order valence-corrected chi connectivity index (χ3v) is 9.79. The van der Waals surface area contributed by atoms with E-state index in [2.05, 4.69) is 62.5 Å². The second-order valence-electron chi connectivity index (χ2n) is 13.2. The van der Waals surface area contributed by atoms with E-state index in [0.29, 0.717) is 62.8 Å². The van der Waals surface area contributed by atoms with Gasteiger partial charge in [0.05, 0.1) is 36.0 Å². The Labute approximate surface area is 282 Å². The molecule has 4 N–H and O–H groups in total. The molecule has 0 heterocycles. The van der Waals surface area contributed by atoms with Gasteiger partial charge < -0.3 is 39.7 Å². The maximum atomic E-state index is 14.0. The number of hydrogen-bond acceptors (Lipinski definition) is 8. The fourth-order valence-corrected chi connectivity index (χ4v) is 7.13. The lowest BCUT2D eigenvalue weighted by Gasteiger charge is -2.41. The molecule has 0 saturated heterocycles. The molecule has 11 heteroatoms. The quantitative estimate of drug-likeness (QED) is 0.198. The molecule has 1 aromatic carbocycles. The molecule has 45 heavy (non-hydrogen) atoms. The summed E-state index contributed by atoms with van der Waals surface area (Å²) < 4.78 is 18.9. The first-order chi connectivity index (χ1) is 21.4. The van der Waals surface area contributed by atoms with Gasteiger partial charge >= 0.3 is 0 Å². The predicted molar refractivity (Wildman–Crippen MR) is 181 cm³/mol. The number of hydrogen-bond donors (Lipinski definition) is 4. The van der Waals surface area contributed by atoms with Crippen molar-refractivity contribution in [3.63, 3.8) is 0 Å². The van der Waals surface area contributed by atoms with Gasteiger partial charge in [-0.2, -0.15) is 0 Å². The minimum Gasteiger partial charge on any atom is -0.493 e. The van der Waals surface area contributed by atoms with Gasteiger partial charge in [-0.3, -0.25) is 9.59 Å². The van der Waals surface area contributed by atoms with Gasteiger partial charge in [0.15, 0.2) is 11.5 Å². The molecule has 6 atom stereocenters. The van der Waals surface area contributed by atoms with Gasteiger partial charge in [0, 0.05) is 25.1 Å². The summed E-state index contributed by atoms with van der Waals surface area (Å²) in [5, 5.41) is 33.5. The van der Waals surface area contributed by atoms with Crippen LogP contribution in [0.5, 0.6) is 11.5 Å². The van der Waals surface area contributed by atoms with E-state index in [9.17, 15) is 24.9 Å². The monoisotopic (exact) mass is 744 g/mol.